The fraction of sp³-hybridized carbons (Fsp3) is 0.905. The van der Waals surface area contributed by atoms with Crippen molar-refractivity contribution < 1.29 is 9.47 Å². The molecule has 0 aromatic rings. The van der Waals surface area contributed by atoms with E-state index in [1.54, 1.807) is 0 Å². The number of unbranched alkanes of at least 4 members (excludes halogenated alkanes) is 6. The van der Waals surface area contributed by atoms with Crippen molar-refractivity contribution in [2.75, 3.05) is 14.2 Å². The van der Waals surface area contributed by atoms with E-state index < -0.39 is 0 Å². The van der Waals surface area contributed by atoms with Crippen LogP contribution in [0, 0.1) is 5.92 Å². The van der Waals surface area contributed by atoms with Crippen molar-refractivity contribution in [1.29, 1.82) is 0 Å². The summed E-state index contributed by atoms with van der Waals surface area (Å²) >= 11 is 0. The molecule has 1 rings (SSSR count). The Bertz CT molecular complexity index is 294. The molecule has 0 N–H and O–H groups in total. The molecule has 2 heteroatoms. The largest absolute Gasteiger partial charge is 0.353 e. The Morgan fingerprint density at radius 2 is 1.52 bits per heavy atom. The van der Waals surface area contributed by atoms with Gasteiger partial charge in [0.1, 0.15) is 0 Å². The van der Waals surface area contributed by atoms with Crippen molar-refractivity contribution in [2.45, 2.75) is 103 Å². The highest BCUT2D eigenvalue weighted by Crippen LogP contribution is 2.30. The van der Waals surface area contributed by atoms with E-state index in [2.05, 4.69) is 19.1 Å². The minimum atomic E-state index is -0.339. The molecule has 1 aliphatic carbocycles. The number of ether oxygens (including phenoxy) is 2. The quantitative estimate of drug-likeness (QED) is 0.202. The minimum absolute atomic E-state index is 0.339. The first-order valence-corrected chi connectivity index (χ1v) is 10.0. The van der Waals surface area contributed by atoms with Crippen LogP contribution in [0.15, 0.2) is 12.2 Å². The van der Waals surface area contributed by atoms with E-state index in [4.69, 9.17) is 9.47 Å². The molecule has 0 aromatic heterocycles. The van der Waals surface area contributed by atoms with Gasteiger partial charge in [0.05, 0.1) is 0 Å². The van der Waals surface area contributed by atoms with E-state index >= 15 is 0 Å². The fourth-order valence-electron chi connectivity index (χ4n) is 3.75. The molecule has 0 saturated carbocycles. The molecule has 136 valence electrons. The fourth-order valence-corrected chi connectivity index (χ4v) is 3.75. The van der Waals surface area contributed by atoms with Crippen LogP contribution in [0.25, 0.3) is 0 Å². The van der Waals surface area contributed by atoms with Crippen molar-refractivity contribution in [3.8, 4) is 0 Å². The van der Waals surface area contributed by atoms with Gasteiger partial charge in [-0.05, 0) is 44.4 Å². The Labute approximate surface area is 145 Å². The molecular weight excluding hydrogens is 284 g/mol. The van der Waals surface area contributed by atoms with Gasteiger partial charge in [0, 0.05) is 27.1 Å². The van der Waals surface area contributed by atoms with E-state index in [-0.39, 0.29) is 5.79 Å². The van der Waals surface area contributed by atoms with Gasteiger partial charge in [-0.15, -0.1) is 0 Å². The van der Waals surface area contributed by atoms with E-state index in [9.17, 15) is 0 Å². The van der Waals surface area contributed by atoms with Gasteiger partial charge in [-0.25, -0.2) is 0 Å². The average Bonchev–Trinajstić information content (AvgIpc) is 2.60. The summed E-state index contributed by atoms with van der Waals surface area (Å²) in [7, 11) is 3.63. The summed E-state index contributed by atoms with van der Waals surface area (Å²) in [6.07, 6.45) is 22.6. The second-order valence-corrected chi connectivity index (χ2v) is 7.23. The van der Waals surface area contributed by atoms with Crippen molar-refractivity contribution in [1.82, 2.24) is 0 Å². The molecule has 1 aliphatic rings. The van der Waals surface area contributed by atoms with Gasteiger partial charge >= 0.3 is 0 Å². The van der Waals surface area contributed by atoms with Gasteiger partial charge in [-0.2, -0.15) is 0 Å². The monoisotopic (exact) mass is 324 g/mol. The van der Waals surface area contributed by atoms with Crippen molar-refractivity contribution in [3.05, 3.63) is 12.2 Å². The third kappa shape index (κ3) is 8.91. The number of hydrogen-bond donors (Lipinski definition) is 0. The molecule has 0 amide bonds. The summed E-state index contributed by atoms with van der Waals surface area (Å²) in [5, 5.41) is 0. The smallest absolute Gasteiger partial charge is 0.167 e. The molecular formula is C21H40O2. The molecule has 0 radical (unpaired) electrons. The topological polar surface area (TPSA) is 18.5 Å². The van der Waals surface area contributed by atoms with Crippen LogP contribution in [0.1, 0.15) is 96.8 Å². The molecule has 0 fully saturated rings. The van der Waals surface area contributed by atoms with Crippen LogP contribution in [-0.2, 0) is 9.47 Å². The Morgan fingerprint density at radius 3 is 2.13 bits per heavy atom. The van der Waals surface area contributed by atoms with Crippen LogP contribution < -0.4 is 0 Å². The van der Waals surface area contributed by atoms with Crippen LogP contribution in [0.5, 0.6) is 0 Å². The highest BCUT2D eigenvalue weighted by Gasteiger charge is 2.28. The maximum atomic E-state index is 5.79. The zero-order valence-corrected chi connectivity index (χ0v) is 15.9. The standard InChI is InChI=1S/C21H40O2/c1-4-5-6-7-8-9-13-18-21(22-2,23-3)19-14-17-20-15-11-10-12-16-20/h10-11,20H,4-9,12-19H2,1-3H3. The molecule has 0 saturated heterocycles. The first-order valence-electron chi connectivity index (χ1n) is 10.0. The second kappa shape index (κ2) is 13.0. The second-order valence-electron chi connectivity index (χ2n) is 7.23. The van der Waals surface area contributed by atoms with Gasteiger partial charge in [-0.1, -0.05) is 57.6 Å². The summed E-state index contributed by atoms with van der Waals surface area (Å²) in [6.45, 7) is 2.27. The Balaban J connectivity index is 2.18. The van der Waals surface area contributed by atoms with E-state index in [0.717, 1.165) is 18.8 Å². The first kappa shape index (κ1) is 20.7. The summed E-state index contributed by atoms with van der Waals surface area (Å²) < 4.78 is 11.6. The van der Waals surface area contributed by atoms with Gasteiger partial charge in [0.25, 0.3) is 0 Å². The van der Waals surface area contributed by atoms with Gasteiger partial charge in [0.15, 0.2) is 5.79 Å². The van der Waals surface area contributed by atoms with E-state index in [1.165, 1.54) is 77.0 Å². The van der Waals surface area contributed by atoms with Crippen LogP contribution in [0.4, 0.5) is 0 Å². The molecule has 2 nitrogen and oxygen atoms in total. The highest BCUT2D eigenvalue weighted by molar-refractivity contribution is 4.90. The molecule has 1 unspecified atom stereocenters. The predicted octanol–water partition coefficient (Wildman–Crippen LogP) is 6.64. The lowest BCUT2D eigenvalue weighted by atomic mass is 9.88. The summed E-state index contributed by atoms with van der Waals surface area (Å²) in [4.78, 5) is 0. The minimum Gasteiger partial charge on any atom is -0.353 e. The predicted molar refractivity (Wildman–Crippen MR) is 99.7 cm³/mol. The Kier molecular flexibility index (Phi) is 11.7. The SMILES string of the molecule is CCCCCCCCCC(CCCC1CC=CCC1)(OC)OC. The maximum absolute atomic E-state index is 5.79. The number of hydrogen-bond acceptors (Lipinski definition) is 2. The van der Waals surface area contributed by atoms with Crippen molar-refractivity contribution in [2.24, 2.45) is 5.92 Å². The summed E-state index contributed by atoms with van der Waals surface area (Å²) in [5.41, 5.74) is 0. The van der Waals surface area contributed by atoms with Crippen molar-refractivity contribution in [3.63, 3.8) is 0 Å². The highest BCUT2D eigenvalue weighted by atomic mass is 16.7. The average molecular weight is 325 g/mol. The van der Waals surface area contributed by atoms with Crippen LogP contribution in [0.2, 0.25) is 0 Å². The zero-order chi connectivity index (χ0) is 16.8. The van der Waals surface area contributed by atoms with Gasteiger partial charge in [0.2, 0.25) is 0 Å². The number of rotatable bonds is 14. The van der Waals surface area contributed by atoms with Gasteiger partial charge < -0.3 is 9.47 Å². The third-order valence-corrected chi connectivity index (χ3v) is 5.45. The normalized spacial score (nSPS) is 18.5. The lowest BCUT2D eigenvalue weighted by Gasteiger charge is -2.32. The zero-order valence-electron chi connectivity index (χ0n) is 15.9. The molecule has 0 aromatic carbocycles. The third-order valence-electron chi connectivity index (χ3n) is 5.45. The molecule has 0 spiro atoms. The Hall–Kier alpha value is -0.340. The first-order chi connectivity index (χ1) is 11.3. The van der Waals surface area contributed by atoms with E-state index in [0.29, 0.717) is 0 Å². The Morgan fingerprint density at radius 1 is 0.870 bits per heavy atom. The van der Waals surface area contributed by atoms with E-state index in [1.807, 2.05) is 14.2 Å². The lowest BCUT2D eigenvalue weighted by Crippen LogP contribution is -2.33. The summed E-state index contributed by atoms with van der Waals surface area (Å²) in [5.74, 6) is 0.540. The van der Waals surface area contributed by atoms with Gasteiger partial charge in [-0.3, -0.25) is 0 Å². The lowest BCUT2D eigenvalue weighted by molar-refractivity contribution is -0.216. The summed E-state index contributed by atoms with van der Waals surface area (Å²) in [6, 6.07) is 0. The maximum Gasteiger partial charge on any atom is 0.167 e. The number of allylic oxidation sites excluding steroid dienone is 2. The number of methoxy groups -OCH3 is 2. The molecule has 0 bridgehead atoms. The van der Waals surface area contributed by atoms with Crippen LogP contribution >= 0.6 is 0 Å². The molecule has 0 aliphatic heterocycles. The molecule has 1 atom stereocenters. The van der Waals surface area contributed by atoms with Crippen LogP contribution in [0.3, 0.4) is 0 Å². The molecule has 0 heterocycles. The molecule has 23 heavy (non-hydrogen) atoms. The van der Waals surface area contributed by atoms with Crippen molar-refractivity contribution >= 4 is 0 Å². The van der Waals surface area contributed by atoms with Crippen LogP contribution in [-0.4, -0.2) is 20.0 Å².